The van der Waals surface area contributed by atoms with Crippen LogP contribution in [0.4, 0.5) is 23.7 Å². The lowest BCUT2D eigenvalue weighted by Crippen LogP contribution is -2.34. The maximum Gasteiger partial charge on any atom is 0.416 e. The summed E-state index contributed by atoms with van der Waals surface area (Å²) in [6.45, 7) is 8.45. The minimum Gasteiger partial charge on any atom is -0.336 e. The van der Waals surface area contributed by atoms with Gasteiger partial charge in [-0.05, 0) is 32.0 Å². The molecule has 1 aromatic rings. The molecule has 20 heavy (non-hydrogen) atoms. The van der Waals surface area contributed by atoms with Gasteiger partial charge in [-0.25, -0.2) is 4.79 Å². The van der Waals surface area contributed by atoms with Crippen LogP contribution >= 0.6 is 0 Å². The molecule has 2 N–H and O–H groups in total. The number of hydrogen-bond donors (Lipinski definition) is 2. The van der Waals surface area contributed by atoms with Gasteiger partial charge in [0, 0.05) is 18.5 Å². The van der Waals surface area contributed by atoms with E-state index in [9.17, 15) is 22.8 Å². The standard InChI is InChI=1S/C13H13F3N2O2/c1-7(2)17-12(20)18-11-5-4-9(13(14,15)16)6-10(11)8(3)19/h3-7H,1-2H3,(H2,17,18,20). The summed E-state index contributed by atoms with van der Waals surface area (Å²) in [5, 5.41) is 4.76. The minimum absolute atomic E-state index is 0.0800. The van der Waals surface area contributed by atoms with Gasteiger partial charge in [0.2, 0.25) is 0 Å². The van der Waals surface area contributed by atoms with Crippen LogP contribution in [0.3, 0.4) is 0 Å². The molecule has 7 heteroatoms. The normalized spacial score (nSPS) is 11.3. The lowest BCUT2D eigenvalue weighted by Gasteiger charge is -2.14. The van der Waals surface area contributed by atoms with E-state index in [0.717, 1.165) is 12.1 Å². The fourth-order valence-corrected chi connectivity index (χ4v) is 1.45. The van der Waals surface area contributed by atoms with Crippen molar-refractivity contribution in [3.8, 4) is 0 Å². The van der Waals surface area contributed by atoms with Crippen molar-refractivity contribution in [1.29, 1.82) is 0 Å². The summed E-state index contributed by atoms with van der Waals surface area (Å²) in [5.74, 6) is -1.06. The number of anilines is 1. The van der Waals surface area contributed by atoms with Crippen molar-refractivity contribution < 1.29 is 22.8 Å². The summed E-state index contributed by atoms with van der Waals surface area (Å²) in [6, 6.07) is 1.55. The third-order valence-electron chi connectivity index (χ3n) is 2.28. The number of Topliss-reactive ketones (excluding diaryl/α,β-unsaturated/α-hetero) is 1. The zero-order valence-corrected chi connectivity index (χ0v) is 10.8. The summed E-state index contributed by atoms with van der Waals surface area (Å²) >= 11 is 0. The molecule has 0 aliphatic rings. The quantitative estimate of drug-likeness (QED) is 0.839. The van der Waals surface area contributed by atoms with Gasteiger partial charge >= 0.3 is 12.2 Å². The van der Waals surface area contributed by atoms with Gasteiger partial charge in [0.1, 0.15) is 0 Å². The molecule has 0 heterocycles. The largest absolute Gasteiger partial charge is 0.416 e. The van der Waals surface area contributed by atoms with E-state index in [1.807, 2.05) is 0 Å². The van der Waals surface area contributed by atoms with Crippen molar-refractivity contribution in [2.45, 2.75) is 26.1 Å². The summed E-state index contributed by atoms with van der Waals surface area (Å²) < 4.78 is 37.6. The highest BCUT2D eigenvalue weighted by Gasteiger charge is 2.31. The number of hydrogen-bond acceptors (Lipinski definition) is 2. The van der Waals surface area contributed by atoms with Gasteiger partial charge in [0.25, 0.3) is 0 Å². The summed E-state index contributed by atoms with van der Waals surface area (Å²) in [5.41, 5.74) is -1.50. The number of carbonyl (C=O) groups excluding carboxylic acids is 2. The second-order valence-electron chi connectivity index (χ2n) is 4.38. The first-order valence-electron chi connectivity index (χ1n) is 5.70. The second-order valence-corrected chi connectivity index (χ2v) is 4.38. The second kappa shape index (κ2) is 5.94. The number of rotatable bonds is 3. The van der Waals surface area contributed by atoms with Gasteiger partial charge in [0.05, 0.1) is 11.3 Å². The number of carbonyl (C=O) groups is 2. The Morgan fingerprint density at radius 3 is 2.30 bits per heavy atom. The molecule has 1 rings (SSSR count). The highest BCUT2D eigenvalue weighted by molar-refractivity contribution is 6.06. The number of alkyl halides is 3. The Kier molecular flexibility index (Phi) is 4.75. The zero-order chi connectivity index (χ0) is 15.5. The van der Waals surface area contributed by atoms with Crippen LogP contribution in [0.2, 0.25) is 0 Å². The number of ketones is 1. The average molecular weight is 286 g/mol. The molecule has 1 aromatic carbocycles. The zero-order valence-electron chi connectivity index (χ0n) is 10.8. The van der Waals surface area contributed by atoms with Crippen LogP contribution in [0.5, 0.6) is 0 Å². The molecule has 0 aliphatic carbocycles. The molecule has 2 amide bonds. The van der Waals surface area contributed by atoms with Crippen LogP contribution < -0.4 is 10.6 Å². The Morgan fingerprint density at radius 1 is 1.25 bits per heavy atom. The fourth-order valence-electron chi connectivity index (χ4n) is 1.45. The first-order chi connectivity index (χ1) is 9.11. The Bertz CT molecular complexity index is 525. The van der Waals surface area contributed by atoms with Crippen molar-refractivity contribution in [2.24, 2.45) is 0 Å². The number of nitrogens with one attached hydrogen (secondary N) is 2. The Labute approximate surface area is 114 Å². The van der Waals surface area contributed by atoms with Crippen molar-refractivity contribution >= 4 is 17.5 Å². The average Bonchev–Trinajstić information content (AvgIpc) is 2.26. The number of urea groups is 1. The lowest BCUT2D eigenvalue weighted by molar-refractivity contribution is -0.137. The molecule has 0 saturated heterocycles. The predicted molar refractivity (Wildman–Crippen MR) is 67.4 cm³/mol. The summed E-state index contributed by atoms with van der Waals surface area (Å²) in [6.07, 6.45) is -4.59. The topological polar surface area (TPSA) is 58.2 Å². The smallest absolute Gasteiger partial charge is 0.336 e. The van der Waals surface area contributed by atoms with E-state index in [1.165, 1.54) is 0 Å². The van der Waals surface area contributed by atoms with Crippen LogP contribution in [0.1, 0.15) is 29.8 Å². The molecule has 0 fully saturated rings. The summed E-state index contributed by atoms with van der Waals surface area (Å²) in [4.78, 5) is 22.7. The van der Waals surface area contributed by atoms with Crippen molar-refractivity contribution in [3.63, 3.8) is 0 Å². The molecule has 4 nitrogen and oxygen atoms in total. The number of amides is 2. The van der Waals surface area contributed by atoms with E-state index in [1.54, 1.807) is 13.8 Å². The lowest BCUT2D eigenvalue weighted by atomic mass is 10.1. The van der Waals surface area contributed by atoms with Gasteiger partial charge in [-0.3, -0.25) is 4.79 Å². The Hall–Kier alpha value is -2.05. The molecular formula is C13H13F3N2O2. The Balaban J connectivity index is 3.08. The van der Waals surface area contributed by atoms with Crippen LogP contribution in [-0.4, -0.2) is 17.9 Å². The first kappa shape index (κ1) is 16.0. The van der Waals surface area contributed by atoms with Gasteiger partial charge in [-0.1, -0.05) is 0 Å². The third-order valence-corrected chi connectivity index (χ3v) is 2.28. The third kappa shape index (κ3) is 4.25. The fraction of sp³-hybridized carbons (Fsp3) is 0.308. The van der Waals surface area contributed by atoms with E-state index in [-0.39, 0.29) is 11.7 Å². The number of halogens is 3. The van der Waals surface area contributed by atoms with Gasteiger partial charge in [0.15, 0.2) is 5.78 Å². The van der Waals surface area contributed by atoms with Gasteiger partial charge in [-0.2, -0.15) is 13.2 Å². The van der Waals surface area contributed by atoms with Crippen molar-refractivity contribution in [1.82, 2.24) is 5.32 Å². The van der Waals surface area contributed by atoms with Gasteiger partial charge in [-0.15, -0.1) is 0 Å². The molecule has 0 atom stereocenters. The number of benzene rings is 1. The van der Waals surface area contributed by atoms with Crippen LogP contribution in [0.15, 0.2) is 18.2 Å². The molecule has 0 spiro atoms. The molecule has 0 unspecified atom stereocenters. The molecule has 108 valence electrons. The molecular weight excluding hydrogens is 273 g/mol. The first-order valence-corrected chi connectivity index (χ1v) is 5.70. The van der Waals surface area contributed by atoms with Crippen LogP contribution in [-0.2, 0) is 6.18 Å². The maximum atomic E-state index is 12.5. The highest BCUT2D eigenvalue weighted by atomic mass is 19.4. The predicted octanol–water partition coefficient (Wildman–Crippen LogP) is 3.13. The van der Waals surface area contributed by atoms with E-state index < -0.39 is 29.1 Å². The monoisotopic (exact) mass is 286 g/mol. The van der Waals surface area contributed by atoms with E-state index in [4.69, 9.17) is 6.92 Å². The molecule has 0 bridgehead atoms. The molecule has 0 aromatic heterocycles. The van der Waals surface area contributed by atoms with E-state index in [2.05, 4.69) is 10.6 Å². The van der Waals surface area contributed by atoms with Crippen LogP contribution in [0, 0.1) is 6.92 Å². The highest BCUT2D eigenvalue weighted by Crippen LogP contribution is 2.32. The van der Waals surface area contributed by atoms with E-state index in [0.29, 0.717) is 6.07 Å². The molecule has 0 aliphatic heterocycles. The van der Waals surface area contributed by atoms with Gasteiger partial charge < -0.3 is 10.6 Å². The maximum absolute atomic E-state index is 12.5. The molecule has 0 saturated carbocycles. The van der Waals surface area contributed by atoms with Crippen molar-refractivity contribution in [2.75, 3.05) is 5.32 Å². The SMILES string of the molecule is [CH]C(=O)c1cc(C(F)(F)F)ccc1NC(=O)NC(C)C. The molecule has 2 radical (unpaired) electrons. The Morgan fingerprint density at radius 2 is 1.85 bits per heavy atom. The van der Waals surface area contributed by atoms with Crippen LogP contribution in [0.25, 0.3) is 0 Å². The van der Waals surface area contributed by atoms with E-state index >= 15 is 0 Å². The summed E-state index contributed by atoms with van der Waals surface area (Å²) in [7, 11) is 0. The van der Waals surface area contributed by atoms with Crippen molar-refractivity contribution in [3.05, 3.63) is 36.2 Å². The minimum atomic E-state index is -4.59.